The van der Waals surface area contributed by atoms with Crippen LogP contribution in [0.4, 0.5) is 0 Å². The Bertz CT molecular complexity index is 1140. The first kappa shape index (κ1) is 22.1. The van der Waals surface area contributed by atoms with E-state index in [1.54, 1.807) is 30.3 Å². The number of hydrazine groups is 1. The van der Waals surface area contributed by atoms with Crippen molar-refractivity contribution in [3.63, 3.8) is 0 Å². The van der Waals surface area contributed by atoms with Crippen molar-refractivity contribution in [1.29, 1.82) is 0 Å². The van der Waals surface area contributed by atoms with Crippen molar-refractivity contribution < 1.29 is 19.2 Å². The standard InChI is InChI=1S/C25H22Cl2N2O4/c1-13(22(30)14-5-3-2-4-6-14)28(23(31)17-9-10-18(26)19(27)12-17)29-24(32)20-15-7-8-16(11-15)21(20)25(29)33/h2-6,9-10,12-13,15-16,20-21H,7-8,11H2,1H3/t13-,15+,16+,20+,21+/m1/s1. The van der Waals surface area contributed by atoms with Crippen molar-refractivity contribution >= 4 is 46.7 Å². The van der Waals surface area contributed by atoms with Gasteiger partial charge in [0.05, 0.1) is 21.9 Å². The van der Waals surface area contributed by atoms with Crippen LogP contribution in [0.25, 0.3) is 0 Å². The number of carbonyl (C=O) groups is 4. The number of carbonyl (C=O) groups excluding carboxylic acids is 4. The topological polar surface area (TPSA) is 74.8 Å². The Hall–Kier alpha value is -2.70. The Labute approximate surface area is 201 Å². The smallest absolute Gasteiger partial charge is 0.273 e. The van der Waals surface area contributed by atoms with Crippen LogP contribution in [0, 0.1) is 23.7 Å². The summed E-state index contributed by atoms with van der Waals surface area (Å²) in [5.74, 6) is -2.33. The van der Waals surface area contributed by atoms with Crippen LogP contribution in [0.15, 0.2) is 48.5 Å². The summed E-state index contributed by atoms with van der Waals surface area (Å²) in [5, 5.41) is 2.40. The van der Waals surface area contributed by atoms with Gasteiger partial charge in [0.2, 0.25) is 0 Å². The molecule has 3 amide bonds. The van der Waals surface area contributed by atoms with Gasteiger partial charge >= 0.3 is 0 Å². The molecule has 5 rings (SSSR count). The number of amides is 3. The van der Waals surface area contributed by atoms with Gasteiger partial charge in [0.1, 0.15) is 6.04 Å². The molecule has 170 valence electrons. The van der Waals surface area contributed by atoms with Crippen LogP contribution in [-0.2, 0) is 9.59 Å². The highest BCUT2D eigenvalue weighted by Gasteiger charge is 2.63. The maximum atomic E-state index is 13.7. The summed E-state index contributed by atoms with van der Waals surface area (Å²) in [6, 6.07) is 11.8. The highest BCUT2D eigenvalue weighted by Crippen LogP contribution is 2.56. The van der Waals surface area contributed by atoms with Gasteiger partial charge in [0.15, 0.2) is 5.78 Å². The lowest BCUT2D eigenvalue weighted by Crippen LogP contribution is -2.56. The van der Waals surface area contributed by atoms with E-state index in [1.807, 2.05) is 0 Å². The van der Waals surface area contributed by atoms with Crippen LogP contribution in [0.1, 0.15) is 46.9 Å². The number of Topliss-reactive ketones (excluding diaryl/α,β-unsaturated/α-hetero) is 1. The third-order valence-corrected chi connectivity index (χ3v) is 8.04. The molecule has 0 unspecified atom stereocenters. The number of ketones is 1. The van der Waals surface area contributed by atoms with Crippen molar-refractivity contribution in [3.8, 4) is 0 Å². The molecule has 1 heterocycles. The molecule has 5 atom stereocenters. The van der Waals surface area contributed by atoms with Gasteiger partial charge in [-0.1, -0.05) is 53.5 Å². The quantitative estimate of drug-likeness (QED) is 0.457. The lowest BCUT2D eigenvalue weighted by molar-refractivity contribution is -0.157. The number of halogens is 2. The first-order valence-corrected chi connectivity index (χ1v) is 11.8. The SMILES string of the molecule is C[C@H](C(=O)c1ccccc1)N(C(=O)c1ccc(Cl)c(Cl)c1)N1C(=O)[C@H]2[C@H]3CC[C@@H](C3)[C@@H]2C1=O. The van der Waals surface area contributed by atoms with Gasteiger partial charge in [-0.05, 0) is 56.2 Å². The molecule has 0 N–H and O–H groups in total. The number of hydrogen-bond acceptors (Lipinski definition) is 4. The van der Waals surface area contributed by atoms with E-state index in [0.29, 0.717) is 5.56 Å². The van der Waals surface area contributed by atoms with Crippen molar-refractivity contribution in [3.05, 3.63) is 69.7 Å². The first-order valence-electron chi connectivity index (χ1n) is 11.0. The normalized spacial score (nSPS) is 26.5. The van der Waals surface area contributed by atoms with Gasteiger partial charge < -0.3 is 0 Å². The molecular weight excluding hydrogens is 463 g/mol. The summed E-state index contributed by atoms with van der Waals surface area (Å²) in [7, 11) is 0. The Morgan fingerprint density at radius 2 is 1.52 bits per heavy atom. The fourth-order valence-electron chi connectivity index (χ4n) is 5.76. The second kappa shape index (κ2) is 8.26. The van der Waals surface area contributed by atoms with Gasteiger partial charge in [-0.25, -0.2) is 5.01 Å². The summed E-state index contributed by atoms with van der Waals surface area (Å²) in [4.78, 5) is 54.0. The van der Waals surface area contributed by atoms with Gasteiger partial charge in [-0.2, -0.15) is 5.01 Å². The number of fused-ring (bicyclic) bond motifs is 5. The maximum absolute atomic E-state index is 13.7. The summed E-state index contributed by atoms with van der Waals surface area (Å²) in [5.41, 5.74) is 0.522. The third kappa shape index (κ3) is 3.47. The second-order valence-corrected chi connectivity index (χ2v) is 9.87. The van der Waals surface area contributed by atoms with Crippen LogP contribution >= 0.6 is 23.2 Å². The molecule has 3 aliphatic rings. The molecule has 2 aliphatic carbocycles. The van der Waals surface area contributed by atoms with Gasteiger partial charge in [0.25, 0.3) is 17.7 Å². The van der Waals surface area contributed by atoms with E-state index >= 15 is 0 Å². The maximum Gasteiger partial charge on any atom is 0.273 e. The van der Waals surface area contributed by atoms with E-state index in [-0.39, 0.29) is 33.2 Å². The molecule has 0 spiro atoms. The molecule has 1 saturated heterocycles. The summed E-state index contributed by atoms with van der Waals surface area (Å²) < 4.78 is 0. The molecule has 0 aromatic heterocycles. The fourth-order valence-corrected chi connectivity index (χ4v) is 6.06. The van der Waals surface area contributed by atoms with Crippen LogP contribution in [0.2, 0.25) is 10.0 Å². The summed E-state index contributed by atoms with van der Waals surface area (Å²) in [6.45, 7) is 1.54. The molecule has 2 aromatic carbocycles. The molecule has 0 radical (unpaired) electrons. The van der Waals surface area contributed by atoms with Gasteiger partial charge in [0, 0.05) is 11.1 Å². The molecular formula is C25H22Cl2N2O4. The van der Waals surface area contributed by atoms with E-state index in [2.05, 4.69) is 0 Å². The Balaban J connectivity index is 1.56. The minimum Gasteiger partial charge on any atom is -0.292 e. The zero-order chi connectivity index (χ0) is 23.4. The predicted octanol–water partition coefficient (Wildman–Crippen LogP) is 4.65. The van der Waals surface area contributed by atoms with Crippen molar-refractivity contribution in [2.24, 2.45) is 23.7 Å². The first-order chi connectivity index (χ1) is 15.8. The van der Waals surface area contributed by atoms with Gasteiger partial charge in [-0.3, -0.25) is 19.2 Å². The van der Waals surface area contributed by atoms with Crippen LogP contribution in [0.3, 0.4) is 0 Å². The Kier molecular flexibility index (Phi) is 5.53. The second-order valence-electron chi connectivity index (χ2n) is 9.06. The van der Waals surface area contributed by atoms with Crippen LogP contribution < -0.4 is 0 Å². The number of rotatable bonds is 5. The van der Waals surface area contributed by atoms with Crippen molar-refractivity contribution in [2.45, 2.75) is 32.2 Å². The lowest BCUT2D eigenvalue weighted by Gasteiger charge is -2.35. The average molecular weight is 485 g/mol. The number of benzene rings is 2. The third-order valence-electron chi connectivity index (χ3n) is 7.30. The van der Waals surface area contributed by atoms with E-state index in [9.17, 15) is 19.2 Å². The molecule has 2 bridgehead atoms. The van der Waals surface area contributed by atoms with E-state index in [0.717, 1.165) is 29.3 Å². The minimum atomic E-state index is -1.08. The summed E-state index contributed by atoms with van der Waals surface area (Å²) >= 11 is 12.1. The minimum absolute atomic E-state index is 0.137. The number of nitrogens with zero attached hydrogens (tertiary/aromatic N) is 2. The zero-order valence-corrected chi connectivity index (χ0v) is 19.4. The van der Waals surface area contributed by atoms with Crippen LogP contribution in [-0.4, -0.2) is 39.6 Å². The monoisotopic (exact) mass is 484 g/mol. The number of hydrogen-bond donors (Lipinski definition) is 0. The molecule has 1 aliphatic heterocycles. The zero-order valence-electron chi connectivity index (χ0n) is 17.9. The number of imide groups is 1. The highest BCUT2D eigenvalue weighted by molar-refractivity contribution is 6.42. The molecule has 3 fully saturated rings. The predicted molar refractivity (Wildman–Crippen MR) is 123 cm³/mol. The van der Waals surface area contributed by atoms with E-state index < -0.39 is 35.6 Å². The average Bonchev–Trinajstić information content (AvgIpc) is 3.51. The van der Waals surface area contributed by atoms with E-state index in [1.165, 1.54) is 25.1 Å². The molecule has 2 aromatic rings. The largest absolute Gasteiger partial charge is 0.292 e. The van der Waals surface area contributed by atoms with Crippen molar-refractivity contribution in [2.75, 3.05) is 0 Å². The lowest BCUT2D eigenvalue weighted by atomic mass is 9.81. The Morgan fingerprint density at radius 1 is 0.909 bits per heavy atom. The molecule has 33 heavy (non-hydrogen) atoms. The van der Waals surface area contributed by atoms with E-state index in [4.69, 9.17) is 23.2 Å². The van der Waals surface area contributed by atoms with Crippen molar-refractivity contribution in [1.82, 2.24) is 10.0 Å². The Morgan fingerprint density at radius 3 is 2.09 bits per heavy atom. The molecule has 8 heteroatoms. The molecule has 6 nitrogen and oxygen atoms in total. The summed E-state index contributed by atoms with van der Waals surface area (Å²) in [6.07, 6.45) is 2.70. The molecule has 2 saturated carbocycles. The van der Waals surface area contributed by atoms with Crippen LogP contribution in [0.5, 0.6) is 0 Å². The highest BCUT2D eigenvalue weighted by atomic mass is 35.5. The fraction of sp³-hybridized carbons (Fsp3) is 0.360. The van der Waals surface area contributed by atoms with Gasteiger partial charge in [-0.15, -0.1) is 0 Å².